The van der Waals surface area contributed by atoms with E-state index in [1.807, 2.05) is 74.7 Å². The lowest BCUT2D eigenvalue weighted by Crippen LogP contribution is -2.40. The van der Waals surface area contributed by atoms with Crippen molar-refractivity contribution >= 4 is 29.4 Å². The summed E-state index contributed by atoms with van der Waals surface area (Å²) in [7, 11) is 1.31. The number of ether oxygens (including phenoxy) is 3. The quantitative estimate of drug-likeness (QED) is 0.189. The van der Waals surface area contributed by atoms with Gasteiger partial charge in [0, 0.05) is 17.3 Å². The maximum absolute atomic E-state index is 14.4. The summed E-state index contributed by atoms with van der Waals surface area (Å²) in [6.07, 6.45) is 3.33. The molecule has 0 unspecified atom stereocenters. The van der Waals surface area contributed by atoms with Crippen molar-refractivity contribution in [3.8, 4) is 22.7 Å². The van der Waals surface area contributed by atoms with Gasteiger partial charge in [-0.15, -0.1) is 0 Å². The van der Waals surface area contributed by atoms with Crippen LogP contribution in [0.2, 0.25) is 0 Å². The van der Waals surface area contributed by atoms with Crippen LogP contribution in [0.25, 0.3) is 23.0 Å². The molecule has 1 aliphatic rings. The number of carbonyl (C=O) groups is 2. The number of benzene rings is 3. The lowest BCUT2D eigenvalue weighted by atomic mass is 9.95. The second-order valence-electron chi connectivity index (χ2n) is 11.8. The Morgan fingerprint density at radius 2 is 1.73 bits per heavy atom. The van der Waals surface area contributed by atoms with Gasteiger partial charge in [0.25, 0.3) is 5.56 Å². The van der Waals surface area contributed by atoms with E-state index in [1.54, 1.807) is 49.7 Å². The van der Waals surface area contributed by atoms with Crippen LogP contribution in [0, 0.1) is 6.92 Å². The molecule has 11 heteroatoms. The third-order valence-electron chi connectivity index (χ3n) is 8.03. The lowest BCUT2D eigenvalue weighted by Gasteiger charge is -2.25. The van der Waals surface area contributed by atoms with Gasteiger partial charge in [0.05, 0.1) is 52.9 Å². The van der Waals surface area contributed by atoms with Gasteiger partial charge in [-0.1, -0.05) is 41.7 Å². The molecule has 0 fully saturated rings. The van der Waals surface area contributed by atoms with Crippen LogP contribution in [0.4, 0.5) is 0 Å². The number of methoxy groups -OCH3 is 1. The summed E-state index contributed by atoms with van der Waals surface area (Å²) >= 11 is 1.23. The number of aromatic nitrogens is 3. The van der Waals surface area contributed by atoms with Crippen molar-refractivity contribution in [2.75, 3.05) is 13.7 Å². The zero-order chi connectivity index (χ0) is 34.8. The SMILES string of the molecule is CCOc1ccc(-c2nn(-c3ccccc3)cc2/C=c2\sc3n(c2=O)[C@@H](c2ccc(C(=O)OC)cc2)C(C(=O)OC(C)C)=C(C)N=3)cc1C. The largest absolute Gasteiger partial charge is 0.494 e. The number of carbonyl (C=O) groups excluding carboxylic acids is 2. The van der Waals surface area contributed by atoms with Crippen molar-refractivity contribution < 1.29 is 23.8 Å². The highest BCUT2D eigenvalue weighted by Gasteiger charge is 2.34. The number of thiazole rings is 1. The van der Waals surface area contributed by atoms with Gasteiger partial charge in [-0.25, -0.2) is 19.3 Å². The van der Waals surface area contributed by atoms with E-state index in [0.29, 0.717) is 38.5 Å². The number of hydrogen-bond donors (Lipinski definition) is 0. The molecule has 1 aliphatic heterocycles. The minimum absolute atomic E-state index is 0.251. The lowest BCUT2D eigenvalue weighted by molar-refractivity contribution is -0.143. The van der Waals surface area contributed by atoms with Gasteiger partial charge in [0.2, 0.25) is 0 Å². The average molecular weight is 677 g/mol. The predicted molar refractivity (Wildman–Crippen MR) is 188 cm³/mol. The van der Waals surface area contributed by atoms with Crippen LogP contribution in [-0.4, -0.2) is 46.1 Å². The first-order valence-corrected chi connectivity index (χ1v) is 16.7. The number of esters is 2. The second kappa shape index (κ2) is 13.9. The van der Waals surface area contributed by atoms with Crippen molar-refractivity contribution in [2.24, 2.45) is 4.99 Å². The molecule has 49 heavy (non-hydrogen) atoms. The Kier molecular flexibility index (Phi) is 9.46. The van der Waals surface area contributed by atoms with Crippen LogP contribution >= 0.6 is 11.3 Å². The fourth-order valence-corrected chi connectivity index (χ4v) is 6.82. The summed E-state index contributed by atoms with van der Waals surface area (Å²) in [6.45, 7) is 9.76. The molecule has 1 atom stereocenters. The van der Waals surface area contributed by atoms with E-state index in [2.05, 4.69) is 0 Å². The number of allylic oxidation sites excluding steroid dienone is 1. The van der Waals surface area contributed by atoms with E-state index < -0.39 is 18.0 Å². The van der Waals surface area contributed by atoms with Crippen molar-refractivity contribution in [2.45, 2.75) is 46.8 Å². The Labute approximate surface area is 287 Å². The Hall–Kier alpha value is -5.55. The third kappa shape index (κ3) is 6.62. The molecule has 0 saturated carbocycles. The van der Waals surface area contributed by atoms with Gasteiger partial charge in [0.1, 0.15) is 11.4 Å². The molecule has 5 aromatic rings. The Bertz CT molecular complexity index is 2260. The van der Waals surface area contributed by atoms with Gasteiger partial charge >= 0.3 is 11.9 Å². The van der Waals surface area contributed by atoms with E-state index in [9.17, 15) is 14.4 Å². The fourth-order valence-electron chi connectivity index (χ4n) is 5.78. The summed E-state index contributed by atoms with van der Waals surface area (Å²) in [5.74, 6) is -0.258. The second-order valence-corrected chi connectivity index (χ2v) is 12.8. The third-order valence-corrected chi connectivity index (χ3v) is 9.01. The maximum atomic E-state index is 14.4. The molecule has 0 radical (unpaired) electrons. The number of fused-ring (bicyclic) bond motifs is 1. The smallest absolute Gasteiger partial charge is 0.338 e. The highest BCUT2D eigenvalue weighted by molar-refractivity contribution is 7.07. The average Bonchev–Trinajstić information content (AvgIpc) is 3.65. The topological polar surface area (TPSA) is 114 Å². The van der Waals surface area contributed by atoms with Crippen LogP contribution in [0.3, 0.4) is 0 Å². The Balaban J connectivity index is 1.54. The number of nitrogens with zero attached hydrogens (tertiary/aromatic N) is 4. The normalized spacial score (nSPS) is 14.4. The number of rotatable bonds is 9. The van der Waals surface area contributed by atoms with Gasteiger partial charge in [-0.3, -0.25) is 9.36 Å². The zero-order valence-corrected chi connectivity index (χ0v) is 28.9. The van der Waals surface area contributed by atoms with Crippen LogP contribution in [-0.2, 0) is 14.3 Å². The molecule has 10 nitrogen and oxygen atoms in total. The van der Waals surface area contributed by atoms with Crippen molar-refractivity contribution in [1.82, 2.24) is 14.3 Å². The molecule has 2 aromatic heterocycles. The van der Waals surface area contributed by atoms with Crippen LogP contribution in [0.1, 0.15) is 60.8 Å². The van der Waals surface area contributed by atoms with Crippen molar-refractivity contribution in [3.05, 3.63) is 132 Å². The standard InChI is InChI=1S/C38H36N4O6S/c1-7-47-30-18-17-27(19-23(30)4)33-28(21-41(40-33)29-11-9-8-10-12-29)20-31-35(43)42-34(25-13-15-26(16-14-25)36(44)46-6)32(37(45)48-22(2)3)24(5)39-38(42)49-31/h8-22,34H,7H2,1-6H3/b31-20-/t34-/m0/s1. The summed E-state index contributed by atoms with van der Waals surface area (Å²) in [5, 5.41) is 4.95. The Morgan fingerprint density at radius 3 is 2.39 bits per heavy atom. The van der Waals surface area contributed by atoms with Crippen LogP contribution in [0.5, 0.6) is 5.75 Å². The van der Waals surface area contributed by atoms with Gasteiger partial charge < -0.3 is 14.2 Å². The van der Waals surface area contributed by atoms with E-state index in [4.69, 9.17) is 24.3 Å². The first kappa shape index (κ1) is 33.4. The zero-order valence-electron chi connectivity index (χ0n) is 28.1. The number of aryl methyl sites for hydroxylation is 1. The van der Waals surface area contributed by atoms with Crippen molar-refractivity contribution in [3.63, 3.8) is 0 Å². The molecule has 6 rings (SSSR count). The molecule has 250 valence electrons. The van der Waals surface area contributed by atoms with Gasteiger partial charge in [0.15, 0.2) is 4.80 Å². The molecule has 0 aliphatic carbocycles. The fraction of sp³-hybridized carbons (Fsp3) is 0.237. The van der Waals surface area contributed by atoms with E-state index in [1.165, 1.54) is 23.0 Å². The highest BCUT2D eigenvalue weighted by atomic mass is 32.1. The molecular weight excluding hydrogens is 641 g/mol. The molecular formula is C38H36N4O6S. The van der Waals surface area contributed by atoms with Crippen LogP contribution in [0.15, 0.2) is 100 Å². The summed E-state index contributed by atoms with van der Waals surface area (Å²) in [6, 6.07) is 21.5. The monoisotopic (exact) mass is 676 g/mol. The molecule has 0 saturated heterocycles. The number of hydrogen-bond acceptors (Lipinski definition) is 9. The van der Waals surface area contributed by atoms with E-state index in [-0.39, 0.29) is 17.2 Å². The molecule has 0 amide bonds. The predicted octanol–water partition coefficient (Wildman–Crippen LogP) is 5.53. The minimum atomic E-state index is -0.836. The van der Waals surface area contributed by atoms with E-state index >= 15 is 0 Å². The van der Waals surface area contributed by atoms with E-state index in [0.717, 1.165) is 28.1 Å². The summed E-state index contributed by atoms with van der Waals surface area (Å²) < 4.78 is 20.0. The first-order valence-electron chi connectivity index (χ1n) is 15.9. The molecule has 0 spiro atoms. The summed E-state index contributed by atoms with van der Waals surface area (Å²) in [4.78, 5) is 45.3. The van der Waals surface area contributed by atoms with Gasteiger partial charge in [-0.05, 0) is 94.3 Å². The number of para-hydroxylation sites is 1. The van der Waals surface area contributed by atoms with Gasteiger partial charge in [-0.2, -0.15) is 5.10 Å². The molecule has 3 heterocycles. The molecule has 0 bridgehead atoms. The molecule has 3 aromatic carbocycles. The first-order chi connectivity index (χ1) is 23.6. The summed E-state index contributed by atoms with van der Waals surface area (Å²) in [5.41, 5.74) is 5.46. The maximum Gasteiger partial charge on any atom is 0.338 e. The highest BCUT2D eigenvalue weighted by Crippen LogP contribution is 2.32. The minimum Gasteiger partial charge on any atom is -0.494 e. The van der Waals surface area contributed by atoms with Crippen molar-refractivity contribution in [1.29, 1.82) is 0 Å². The molecule has 0 N–H and O–H groups in total. The Morgan fingerprint density at radius 1 is 1.00 bits per heavy atom. The van der Waals surface area contributed by atoms with Crippen LogP contribution < -0.4 is 19.6 Å².